The first kappa shape index (κ1) is 22.3. The fraction of sp³-hybridized carbons (Fsp3) is 0.421. The molecule has 3 rings (SSSR count). The molecule has 10 heteroatoms. The minimum atomic E-state index is -3.68. The Morgan fingerprint density at radius 3 is 2.66 bits per heavy atom. The quantitative estimate of drug-likeness (QED) is 0.629. The fourth-order valence-corrected chi connectivity index (χ4v) is 4.43. The molecular formula is C19H23Cl2N3O4S. The third-order valence-corrected chi connectivity index (χ3v) is 6.80. The lowest BCUT2D eigenvalue weighted by Gasteiger charge is -2.33. The third-order valence-electron chi connectivity index (χ3n) is 4.65. The van der Waals surface area contributed by atoms with E-state index in [0.717, 1.165) is 25.9 Å². The van der Waals surface area contributed by atoms with Gasteiger partial charge in [0.25, 0.3) is 0 Å². The SMILES string of the molecule is O=S(=O)(NCC(O)CN1CCC(Oc2ccc(Cl)c(Cl)c2)CC1)c1cccnc1. The molecule has 7 nitrogen and oxygen atoms in total. The molecule has 0 bridgehead atoms. The molecule has 0 spiro atoms. The van der Waals surface area contributed by atoms with Crippen LogP contribution in [-0.2, 0) is 10.0 Å². The summed E-state index contributed by atoms with van der Waals surface area (Å²) in [6, 6.07) is 8.21. The van der Waals surface area contributed by atoms with Gasteiger partial charge in [-0.25, -0.2) is 13.1 Å². The number of rotatable bonds is 8. The summed E-state index contributed by atoms with van der Waals surface area (Å²) in [7, 11) is -3.68. The van der Waals surface area contributed by atoms with Crippen molar-refractivity contribution in [2.24, 2.45) is 0 Å². The molecule has 2 aromatic rings. The zero-order chi connectivity index (χ0) is 20.9. The molecule has 0 saturated carbocycles. The number of piperidine rings is 1. The van der Waals surface area contributed by atoms with Crippen LogP contribution in [0.3, 0.4) is 0 Å². The molecule has 2 heterocycles. The molecule has 158 valence electrons. The number of nitrogens with zero attached hydrogens (tertiary/aromatic N) is 2. The second kappa shape index (κ2) is 10.1. The van der Waals surface area contributed by atoms with E-state index in [9.17, 15) is 13.5 Å². The highest BCUT2D eigenvalue weighted by molar-refractivity contribution is 7.89. The summed E-state index contributed by atoms with van der Waals surface area (Å²) < 4.78 is 32.7. The maximum Gasteiger partial charge on any atom is 0.242 e. The van der Waals surface area contributed by atoms with Gasteiger partial charge in [-0.2, -0.15) is 0 Å². The number of sulfonamides is 1. The zero-order valence-corrected chi connectivity index (χ0v) is 18.0. The summed E-state index contributed by atoms with van der Waals surface area (Å²) in [5, 5.41) is 11.2. The molecule has 1 aromatic carbocycles. The number of ether oxygens (including phenoxy) is 1. The molecule has 1 aliphatic rings. The number of halogens is 2. The summed E-state index contributed by atoms with van der Waals surface area (Å²) in [6.45, 7) is 1.82. The Hall–Kier alpha value is -1.42. The fourth-order valence-electron chi connectivity index (χ4n) is 3.11. The molecule has 1 aromatic heterocycles. The summed E-state index contributed by atoms with van der Waals surface area (Å²) >= 11 is 11.9. The number of likely N-dealkylation sites (tertiary alicyclic amines) is 1. The second-order valence-corrected chi connectivity index (χ2v) is 9.47. The molecule has 0 amide bonds. The highest BCUT2D eigenvalue weighted by Gasteiger charge is 2.23. The predicted octanol–water partition coefficient (Wildman–Crippen LogP) is 2.57. The average Bonchev–Trinajstić information content (AvgIpc) is 2.71. The van der Waals surface area contributed by atoms with E-state index >= 15 is 0 Å². The number of nitrogens with one attached hydrogen (secondary N) is 1. The van der Waals surface area contributed by atoms with Gasteiger partial charge in [0.2, 0.25) is 10.0 Å². The number of hydrogen-bond acceptors (Lipinski definition) is 6. The van der Waals surface area contributed by atoms with Crippen molar-refractivity contribution in [1.29, 1.82) is 0 Å². The standard InChI is InChI=1S/C19H23Cl2N3O4S/c20-18-4-3-16(10-19(18)21)28-15-5-8-24(9-6-15)13-14(25)11-23-29(26,27)17-2-1-7-22-12-17/h1-4,7,10,12,14-15,23,25H,5-6,8-9,11,13H2. The Morgan fingerprint density at radius 2 is 2.00 bits per heavy atom. The Morgan fingerprint density at radius 1 is 1.24 bits per heavy atom. The van der Waals surface area contributed by atoms with E-state index in [4.69, 9.17) is 27.9 Å². The Bertz CT molecular complexity index is 907. The predicted molar refractivity (Wildman–Crippen MR) is 112 cm³/mol. The maximum atomic E-state index is 12.2. The van der Waals surface area contributed by atoms with Gasteiger partial charge in [-0.3, -0.25) is 4.98 Å². The lowest BCUT2D eigenvalue weighted by molar-refractivity contribution is 0.0630. The van der Waals surface area contributed by atoms with Crippen molar-refractivity contribution in [3.63, 3.8) is 0 Å². The molecule has 29 heavy (non-hydrogen) atoms. The zero-order valence-electron chi connectivity index (χ0n) is 15.7. The monoisotopic (exact) mass is 459 g/mol. The van der Waals surface area contributed by atoms with Crippen LogP contribution >= 0.6 is 23.2 Å². The molecule has 1 saturated heterocycles. The first-order valence-corrected chi connectivity index (χ1v) is 11.5. The highest BCUT2D eigenvalue weighted by Crippen LogP contribution is 2.28. The van der Waals surface area contributed by atoms with E-state index in [1.807, 2.05) is 0 Å². The molecule has 1 atom stereocenters. The number of benzene rings is 1. The normalized spacial score (nSPS) is 17.2. The summed E-state index contributed by atoms with van der Waals surface area (Å²) in [5.41, 5.74) is 0. The molecule has 1 unspecified atom stereocenters. The highest BCUT2D eigenvalue weighted by atomic mass is 35.5. The largest absolute Gasteiger partial charge is 0.490 e. The van der Waals surface area contributed by atoms with Gasteiger partial charge in [0, 0.05) is 44.6 Å². The van der Waals surface area contributed by atoms with Gasteiger partial charge < -0.3 is 14.7 Å². The van der Waals surface area contributed by atoms with Gasteiger partial charge in [0.15, 0.2) is 0 Å². The summed E-state index contributed by atoms with van der Waals surface area (Å²) in [4.78, 5) is 5.97. The number of aliphatic hydroxyl groups excluding tert-OH is 1. The van der Waals surface area contributed by atoms with Gasteiger partial charge >= 0.3 is 0 Å². The number of β-amino-alcohol motifs (C(OH)–C–C–N with tert-alkyl or cyclic N) is 1. The van der Waals surface area contributed by atoms with E-state index in [1.54, 1.807) is 24.3 Å². The lowest BCUT2D eigenvalue weighted by Crippen LogP contribution is -2.45. The topological polar surface area (TPSA) is 91.8 Å². The van der Waals surface area contributed by atoms with Crippen LogP contribution < -0.4 is 9.46 Å². The van der Waals surface area contributed by atoms with Gasteiger partial charge in [-0.15, -0.1) is 0 Å². The van der Waals surface area contributed by atoms with Crippen LogP contribution in [0.15, 0.2) is 47.6 Å². The van der Waals surface area contributed by atoms with Crippen molar-refractivity contribution in [3.05, 3.63) is 52.8 Å². The van der Waals surface area contributed by atoms with Crippen LogP contribution in [0.2, 0.25) is 10.0 Å². The molecule has 0 radical (unpaired) electrons. The minimum absolute atomic E-state index is 0.0586. The van der Waals surface area contributed by atoms with Gasteiger partial charge in [-0.1, -0.05) is 23.2 Å². The molecule has 0 aliphatic carbocycles. The van der Waals surface area contributed by atoms with Crippen LogP contribution in [-0.4, -0.2) is 61.8 Å². The minimum Gasteiger partial charge on any atom is -0.490 e. The van der Waals surface area contributed by atoms with Crippen molar-refractivity contribution in [3.8, 4) is 5.75 Å². The van der Waals surface area contributed by atoms with Gasteiger partial charge in [0.05, 0.1) is 16.1 Å². The van der Waals surface area contributed by atoms with E-state index in [2.05, 4.69) is 14.6 Å². The Balaban J connectivity index is 1.41. The maximum absolute atomic E-state index is 12.2. The Labute approximate surface area is 180 Å². The number of pyridine rings is 1. The van der Waals surface area contributed by atoms with Crippen LogP contribution in [0.5, 0.6) is 5.75 Å². The van der Waals surface area contributed by atoms with E-state index in [1.165, 1.54) is 18.5 Å². The first-order chi connectivity index (χ1) is 13.8. The smallest absolute Gasteiger partial charge is 0.242 e. The van der Waals surface area contributed by atoms with Crippen molar-refractivity contribution >= 4 is 33.2 Å². The van der Waals surface area contributed by atoms with Crippen LogP contribution in [0, 0.1) is 0 Å². The summed E-state index contributed by atoms with van der Waals surface area (Å²) in [6.07, 6.45) is 3.62. The van der Waals surface area contributed by atoms with Crippen molar-refractivity contribution in [2.45, 2.75) is 29.9 Å². The lowest BCUT2D eigenvalue weighted by atomic mass is 10.1. The second-order valence-electron chi connectivity index (χ2n) is 6.89. The van der Waals surface area contributed by atoms with Gasteiger partial charge in [0.1, 0.15) is 16.7 Å². The Kier molecular flexibility index (Phi) is 7.72. The number of aliphatic hydroxyl groups is 1. The van der Waals surface area contributed by atoms with Crippen LogP contribution in [0.4, 0.5) is 0 Å². The van der Waals surface area contributed by atoms with Crippen molar-refractivity contribution < 1.29 is 18.3 Å². The van der Waals surface area contributed by atoms with E-state index in [-0.39, 0.29) is 17.5 Å². The molecular weight excluding hydrogens is 437 g/mol. The number of hydrogen-bond donors (Lipinski definition) is 2. The van der Waals surface area contributed by atoms with E-state index in [0.29, 0.717) is 22.3 Å². The van der Waals surface area contributed by atoms with Crippen molar-refractivity contribution in [2.75, 3.05) is 26.2 Å². The molecule has 1 fully saturated rings. The molecule has 2 N–H and O–H groups in total. The van der Waals surface area contributed by atoms with E-state index < -0.39 is 16.1 Å². The van der Waals surface area contributed by atoms with Gasteiger partial charge in [-0.05, 0) is 37.1 Å². The van der Waals surface area contributed by atoms with Crippen LogP contribution in [0.1, 0.15) is 12.8 Å². The third kappa shape index (κ3) is 6.53. The first-order valence-electron chi connectivity index (χ1n) is 9.25. The summed E-state index contributed by atoms with van der Waals surface area (Å²) in [5.74, 6) is 0.683. The average molecular weight is 460 g/mol. The van der Waals surface area contributed by atoms with Crippen LogP contribution in [0.25, 0.3) is 0 Å². The molecule has 1 aliphatic heterocycles. The van der Waals surface area contributed by atoms with Crippen molar-refractivity contribution in [1.82, 2.24) is 14.6 Å². The number of aromatic nitrogens is 1.